The lowest BCUT2D eigenvalue weighted by Gasteiger charge is -2.45. The number of allylic oxidation sites excluding steroid dienone is 3. The van der Waals surface area contributed by atoms with Gasteiger partial charge in [0, 0.05) is 128 Å². The molecule has 6 heterocycles. The topological polar surface area (TPSA) is 53.3 Å². The van der Waals surface area contributed by atoms with Gasteiger partial charge in [0.25, 0.3) is 6.71 Å². The third kappa shape index (κ3) is 10.9. The lowest BCUT2D eigenvalue weighted by Crippen LogP contribution is -2.61. The van der Waals surface area contributed by atoms with Gasteiger partial charge in [0.1, 0.15) is 11.2 Å². The Morgan fingerprint density at radius 3 is 1.46 bits per heavy atom. The number of aromatic nitrogens is 2. The molecule has 13 aromatic carbocycles. The van der Waals surface area contributed by atoms with Crippen molar-refractivity contribution in [1.82, 2.24) is 9.13 Å². The summed E-state index contributed by atoms with van der Waals surface area (Å²) < 4.78 is 15.0. The largest absolute Gasteiger partial charge is 0.455 e. The smallest absolute Gasteiger partial charge is 0.252 e. The Morgan fingerprint density at radius 2 is 0.883 bits per heavy atom. The Balaban J connectivity index is 0.951. The van der Waals surface area contributed by atoms with Crippen molar-refractivity contribution in [2.45, 2.75) is 118 Å². The second kappa shape index (κ2) is 24.9. The first-order valence-corrected chi connectivity index (χ1v) is 40.1. The molecule has 2 aliphatic heterocycles. The van der Waals surface area contributed by atoms with Gasteiger partial charge >= 0.3 is 0 Å². The SMILES string of the molecule is CC(C)(C)c1ccc(N2c3cc(-n4c5c(c6ccccc64)/C=C(/C#N)C/C=C\C5)ccc3B3c4ccc(-n5c6ccc(C(C)(C)C)cc6c6cc(C(C)(C)C)ccc65)cc4N(c4ccc(C(C)(C)C)cc4-c4ccccc4)c4cc(-c5cccc6c5oc5ccc7sc8ccccc8c7c56)cc2c43)c(-c2ccccc2)c1. The molecule has 0 radical (unpaired) electrons. The average molecular weight is 1450 g/mol. The van der Waals surface area contributed by atoms with Crippen LogP contribution in [0, 0.1) is 11.3 Å². The second-order valence-electron chi connectivity index (χ2n) is 35.1. The zero-order valence-electron chi connectivity index (χ0n) is 65.1. The number of para-hydroxylation sites is 2. The fraction of sp³-hybridized carbons (Fsp3) is 0.175. The maximum atomic E-state index is 10.7. The van der Waals surface area contributed by atoms with Gasteiger partial charge in [-0.2, -0.15) is 5.26 Å². The molecule has 111 heavy (non-hydrogen) atoms. The Bertz CT molecular complexity index is 6830. The van der Waals surface area contributed by atoms with Crippen molar-refractivity contribution in [3.05, 3.63) is 312 Å². The monoisotopic (exact) mass is 1450 g/mol. The number of thiophene rings is 1. The van der Waals surface area contributed by atoms with E-state index < -0.39 is 0 Å². The van der Waals surface area contributed by atoms with Crippen LogP contribution in [0.5, 0.6) is 0 Å². The Labute approximate surface area is 654 Å². The lowest BCUT2D eigenvalue weighted by atomic mass is 9.33. The van der Waals surface area contributed by atoms with Crippen LogP contribution in [0.25, 0.3) is 126 Å². The van der Waals surface area contributed by atoms with Gasteiger partial charge in [-0.25, -0.2) is 0 Å². The molecule has 6 nitrogen and oxygen atoms in total. The van der Waals surface area contributed by atoms with E-state index in [-0.39, 0.29) is 28.4 Å². The van der Waals surface area contributed by atoms with Gasteiger partial charge in [-0.05, 0) is 192 Å². The number of rotatable bonds is 7. The third-order valence-corrected chi connectivity index (χ3v) is 25.2. The Hall–Kier alpha value is -12.1. The molecule has 1 aliphatic carbocycles. The molecular weight excluding hydrogens is 1370 g/mol. The van der Waals surface area contributed by atoms with Gasteiger partial charge in [0.15, 0.2) is 0 Å². The van der Waals surface area contributed by atoms with Gasteiger partial charge in [-0.1, -0.05) is 247 Å². The predicted octanol–water partition coefficient (Wildman–Crippen LogP) is 26.7. The molecule has 8 heteroatoms. The van der Waals surface area contributed by atoms with Crippen molar-refractivity contribution in [2.75, 3.05) is 9.80 Å². The number of nitriles is 1. The summed E-state index contributed by atoms with van der Waals surface area (Å²) in [5.41, 5.74) is 31.6. The fourth-order valence-electron chi connectivity index (χ4n) is 18.3. The van der Waals surface area contributed by atoms with E-state index in [0.29, 0.717) is 12.8 Å². The van der Waals surface area contributed by atoms with Gasteiger partial charge in [0.2, 0.25) is 0 Å². The number of anilines is 6. The van der Waals surface area contributed by atoms with E-state index in [1.54, 1.807) is 0 Å². The van der Waals surface area contributed by atoms with E-state index in [0.717, 1.165) is 129 Å². The first-order chi connectivity index (χ1) is 53.5. The van der Waals surface area contributed by atoms with E-state index >= 15 is 0 Å². The van der Waals surface area contributed by atoms with Crippen molar-refractivity contribution in [2.24, 2.45) is 0 Å². The minimum absolute atomic E-state index is 0.0712. The highest BCUT2D eigenvalue weighted by atomic mass is 32.1. The molecule has 0 spiro atoms. The lowest BCUT2D eigenvalue weighted by molar-refractivity contribution is 0.590. The average Bonchev–Trinajstić information content (AvgIpc) is 1.28. The van der Waals surface area contributed by atoms with E-state index in [1.807, 2.05) is 11.3 Å². The number of benzene rings is 13. The number of hydrogen-bond acceptors (Lipinski definition) is 5. The first kappa shape index (κ1) is 68.2. The van der Waals surface area contributed by atoms with Crippen molar-refractivity contribution in [3.8, 4) is 50.8 Å². The van der Waals surface area contributed by atoms with E-state index in [4.69, 9.17) is 4.42 Å². The summed E-state index contributed by atoms with van der Waals surface area (Å²) in [6.07, 6.45) is 7.85. The first-order valence-electron chi connectivity index (χ1n) is 39.2. The van der Waals surface area contributed by atoms with Crippen LogP contribution < -0.4 is 26.2 Å². The molecule has 0 N–H and O–H groups in total. The second-order valence-corrected chi connectivity index (χ2v) is 36.2. The number of hydrogen-bond donors (Lipinski definition) is 0. The molecule has 4 aromatic heterocycles. The van der Waals surface area contributed by atoms with Crippen molar-refractivity contribution in [1.29, 1.82) is 5.26 Å². The molecule has 0 bridgehead atoms. The van der Waals surface area contributed by atoms with E-state index in [1.165, 1.54) is 80.6 Å². The molecule has 17 aromatic rings. The van der Waals surface area contributed by atoms with Gasteiger partial charge < -0.3 is 23.4 Å². The summed E-state index contributed by atoms with van der Waals surface area (Å²) in [5.74, 6) is 0. The van der Waals surface area contributed by atoms with Crippen LogP contribution in [0.3, 0.4) is 0 Å². The highest BCUT2D eigenvalue weighted by Gasteiger charge is 2.46. The number of nitrogens with zero attached hydrogens (tertiary/aromatic N) is 5. The van der Waals surface area contributed by atoms with Crippen LogP contribution in [-0.4, -0.2) is 15.8 Å². The maximum Gasteiger partial charge on any atom is 0.252 e. The number of fused-ring (bicyclic) bond motifs is 17. The summed E-state index contributed by atoms with van der Waals surface area (Å²) in [6, 6.07) is 102. The van der Waals surface area contributed by atoms with Crippen LogP contribution in [0.1, 0.15) is 123 Å². The van der Waals surface area contributed by atoms with Crippen LogP contribution in [0.2, 0.25) is 0 Å². The summed E-state index contributed by atoms with van der Waals surface area (Å²) in [6.45, 7) is 27.6. The minimum Gasteiger partial charge on any atom is -0.455 e. The molecule has 0 saturated heterocycles. The third-order valence-electron chi connectivity index (χ3n) is 24.0. The quantitative estimate of drug-likeness (QED) is 0.118. The van der Waals surface area contributed by atoms with Crippen molar-refractivity contribution >= 4 is 149 Å². The van der Waals surface area contributed by atoms with Crippen LogP contribution in [0.15, 0.2) is 283 Å². The molecular formula is C103H86BN5OS. The van der Waals surface area contributed by atoms with E-state index in [9.17, 15) is 5.26 Å². The van der Waals surface area contributed by atoms with Crippen molar-refractivity contribution in [3.63, 3.8) is 0 Å². The molecule has 20 rings (SSSR count). The summed E-state index contributed by atoms with van der Waals surface area (Å²) in [5, 5.41) is 19.0. The molecule has 0 saturated carbocycles. The van der Waals surface area contributed by atoms with Crippen LogP contribution in [0.4, 0.5) is 34.1 Å². The Kier molecular flexibility index (Phi) is 15.3. The predicted molar refractivity (Wildman–Crippen MR) is 474 cm³/mol. The fourth-order valence-corrected chi connectivity index (χ4v) is 19.4. The van der Waals surface area contributed by atoms with Gasteiger partial charge in [0.05, 0.1) is 34.0 Å². The maximum absolute atomic E-state index is 10.7. The zero-order chi connectivity index (χ0) is 75.9. The van der Waals surface area contributed by atoms with Gasteiger partial charge in [-0.3, -0.25) is 0 Å². The van der Waals surface area contributed by atoms with Gasteiger partial charge in [-0.15, -0.1) is 11.3 Å². The van der Waals surface area contributed by atoms with E-state index in [2.05, 4.69) is 387 Å². The molecule has 0 unspecified atom stereocenters. The van der Waals surface area contributed by atoms with Crippen molar-refractivity contribution < 1.29 is 4.42 Å². The Morgan fingerprint density at radius 1 is 0.378 bits per heavy atom. The summed E-state index contributed by atoms with van der Waals surface area (Å²) in [4.78, 5) is 5.30. The molecule has 0 amide bonds. The molecule has 538 valence electrons. The van der Waals surface area contributed by atoms with Crippen LogP contribution >= 0.6 is 11.3 Å². The molecule has 0 atom stereocenters. The number of furan rings is 1. The zero-order valence-corrected chi connectivity index (χ0v) is 65.9. The molecule has 3 aliphatic rings. The molecule has 0 fully saturated rings. The summed E-state index contributed by atoms with van der Waals surface area (Å²) >= 11 is 1.84. The highest BCUT2D eigenvalue weighted by molar-refractivity contribution is 7.26. The van der Waals surface area contributed by atoms with Crippen LogP contribution in [-0.2, 0) is 28.1 Å². The highest BCUT2D eigenvalue weighted by Crippen LogP contribution is 2.54. The normalized spacial score (nSPS) is 14.6. The standard InChI is InChI=1S/C103H86BN5OS/c1-100(2,3)66-38-46-85(76(55-66)63-27-15-13-16-28-63)108-89-59-70(106-83-35-23-20-31-73(83)78-52-62(61-105)26-19-22-36-84(78)106)42-44-81(89)104-82-45-43-71(107-87-48-40-68(102(7,8)9)57-79(87)80-58-69(103(10,11)12)41-49-88(80)107)60-90(82)109(86-47-39-67(101(4,5)6)56-77(86)64-29-17-14-18-30-64)92-54-65(53-91(108)98(92)104)72-33-25-34-75-96-93(110-99(72)75)50-51-95-97(96)74-32-21-24-37-94(74)111-95/h13-25,27-35,37-60H,26,36H2,1-12H3/b22-19-,62-52+. The minimum atomic E-state index is -0.289. The summed E-state index contributed by atoms with van der Waals surface area (Å²) in [7, 11) is 0.